The van der Waals surface area contributed by atoms with Crippen molar-refractivity contribution in [2.75, 3.05) is 0 Å². The Hall–Kier alpha value is -1.25. The van der Waals surface area contributed by atoms with Gasteiger partial charge in [-0.1, -0.05) is 13.0 Å². The lowest BCUT2D eigenvalue weighted by Gasteiger charge is -2.37. The van der Waals surface area contributed by atoms with Gasteiger partial charge >= 0.3 is 0 Å². The van der Waals surface area contributed by atoms with E-state index in [0.717, 1.165) is 5.57 Å². The number of rotatable bonds is 2. The molecule has 14 heavy (non-hydrogen) atoms. The highest BCUT2D eigenvalue weighted by molar-refractivity contribution is 5.92. The molecule has 2 rings (SSSR count). The molecule has 2 N–H and O–H groups in total. The Labute approximate surface area is 84.3 Å². The molecule has 3 heteroatoms. The fourth-order valence-corrected chi connectivity index (χ4v) is 1.85. The minimum absolute atomic E-state index is 0.156. The van der Waals surface area contributed by atoms with Crippen LogP contribution in [0.3, 0.4) is 0 Å². The summed E-state index contributed by atoms with van der Waals surface area (Å²) in [6.07, 6.45) is 9.77. The second kappa shape index (κ2) is 3.48. The van der Waals surface area contributed by atoms with Gasteiger partial charge in [-0.05, 0) is 19.3 Å². The summed E-state index contributed by atoms with van der Waals surface area (Å²) in [7, 11) is 0. The predicted octanol–water partition coefficient (Wildman–Crippen LogP) is 1.37. The largest absolute Gasteiger partial charge is 0.366 e. The molecule has 1 aliphatic heterocycles. The summed E-state index contributed by atoms with van der Waals surface area (Å²) in [4.78, 5) is 13.3. The third-order valence-electron chi connectivity index (χ3n) is 3.11. The number of allylic oxidation sites excluding steroid dienone is 1. The summed E-state index contributed by atoms with van der Waals surface area (Å²) >= 11 is 0. The van der Waals surface area contributed by atoms with Crippen LogP contribution in [-0.4, -0.2) is 16.8 Å². The monoisotopic (exact) mass is 192 g/mol. The van der Waals surface area contributed by atoms with Gasteiger partial charge in [0.15, 0.2) is 0 Å². The van der Waals surface area contributed by atoms with E-state index in [0.29, 0.717) is 6.04 Å². The number of nitrogens with two attached hydrogens (primary N) is 1. The Bertz CT molecular complexity index is 302. The highest BCUT2D eigenvalue weighted by Gasteiger charge is 2.25. The molecule has 0 saturated heterocycles. The van der Waals surface area contributed by atoms with Gasteiger partial charge in [-0.25, -0.2) is 0 Å². The third-order valence-corrected chi connectivity index (χ3v) is 3.11. The zero-order valence-electron chi connectivity index (χ0n) is 8.44. The molecule has 0 aromatic carbocycles. The van der Waals surface area contributed by atoms with Gasteiger partial charge in [0.25, 0.3) is 0 Å². The molecule has 0 spiro atoms. The Morgan fingerprint density at radius 2 is 2.29 bits per heavy atom. The molecule has 1 saturated carbocycles. The quantitative estimate of drug-likeness (QED) is 0.718. The second-order valence-corrected chi connectivity index (χ2v) is 4.11. The van der Waals surface area contributed by atoms with Crippen molar-refractivity contribution in [2.24, 2.45) is 11.7 Å². The van der Waals surface area contributed by atoms with Gasteiger partial charge in [-0.15, -0.1) is 0 Å². The standard InChI is InChI=1S/C11H16N2O/c1-8-5-6-13(9-3-2-4-9)7-10(8)11(12)14/h5-9H,2-4H2,1H3,(H2,12,14). The molecule has 0 aromatic rings. The van der Waals surface area contributed by atoms with Gasteiger partial charge in [-0.2, -0.15) is 0 Å². The molecule has 1 atom stereocenters. The van der Waals surface area contributed by atoms with Crippen LogP contribution < -0.4 is 5.73 Å². The molecule has 1 unspecified atom stereocenters. The number of primary amides is 1. The lowest BCUT2D eigenvalue weighted by Crippen LogP contribution is -2.36. The van der Waals surface area contributed by atoms with Crippen LogP contribution in [0.4, 0.5) is 0 Å². The molecule has 3 nitrogen and oxygen atoms in total. The van der Waals surface area contributed by atoms with Gasteiger partial charge in [0.05, 0.1) is 0 Å². The van der Waals surface area contributed by atoms with Crippen molar-refractivity contribution in [3.05, 3.63) is 24.0 Å². The van der Waals surface area contributed by atoms with Gasteiger partial charge < -0.3 is 10.6 Å². The van der Waals surface area contributed by atoms with E-state index in [9.17, 15) is 4.79 Å². The Balaban J connectivity index is 2.13. The van der Waals surface area contributed by atoms with Crippen molar-refractivity contribution >= 4 is 5.91 Å². The smallest absolute Gasteiger partial charge is 0.246 e. The predicted molar refractivity (Wildman–Crippen MR) is 55.1 cm³/mol. The van der Waals surface area contributed by atoms with E-state index in [2.05, 4.69) is 11.1 Å². The van der Waals surface area contributed by atoms with E-state index >= 15 is 0 Å². The topological polar surface area (TPSA) is 46.3 Å². The summed E-state index contributed by atoms with van der Waals surface area (Å²) < 4.78 is 0. The molecule has 76 valence electrons. The van der Waals surface area contributed by atoms with Crippen LogP contribution in [0.5, 0.6) is 0 Å². The molecule has 2 aliphatic rings. The Morgan fingerprint density at radius 3 is 2.79 bits per heavy atom. The number of nitrogens with zero attached hydrogens (tertiary/aromatic N) is 1. The van der Waals surface area contributed by atoms with Crippen molar-refractivity contribution in [3.8, 4) is 0 Å². The Kier molecular flexibility index (Phi) is 2.32. The van der Waals surface area contributed by atoms with E-state index in [4.69, 9.17) is 5.73 Å². The minimum Gasteiger partial charge on any atom is -0.366 e. The summed E-state index contributed by atoms with van der Waals surface area (Å²) in [5.41, 5.74) is 6.03. The maximum atomic E-state index is 11.1. The number of carbonyl (C=O) groups excluding carboxylic acids is 1. The molecule has 1 heterocycles. The van der Waals surface area contributed by atoms with Crippen LogP contribution in [0.2, 0.25) is 0 Å². The lowest BCUT2D eigenvalue weighted by molar-refractivity contribution is -0.115. The fourth-order valence-electron chi connectivity index (χ4n) is 1.85. The van der Waals surface area contributed by atoms with Crippen molar-refractivity contribution < 1.29 is 4.79 Å². The number of amides is 1. The van der Waals surface area contributed by atoms with Crippen LogP contribution in [0, 0.1) is 5.92 Å². The van der Waals surface area contributed by atoms with Gasteiger partial charge in [-0.3, -0.25) is 4.79 Å². The molecular weight excluding hydrogens is 176 g/mol. The van der Waals surface area contributed by atoms with Crippen molar-refractivity contribution in [1.82, 2.24) is 4.90 Å². The van der Waals surface area contributed by atoms with Crippen LogP contribution in [0.15, 0.2) is 24.0 Å². The lowest BCUT2D eigenvalue weighted by atomic mass is 9.90. The molecule has 0 aromatic heterocycles. The Morgan fingerprint density at radius 1 is 1.57 bits per heavy atom. The highest BCUT2D eigenvalue weighted by atomic mass is 16.1. The summed E-state index contributed by atoms with van der Waals surface area (Å²) in [5, 5.41) is 0. The minimum atomic E-state index is -0.300. The molecule has 0 radical (unpaired) electrons. The molecule has 0 bridgehead atoms. The molecule has 1 fully saturated rings. The zero-order valence-corrected chi connectivity index (χ0v) is 8.44. The summed E-state index contributed by atoms with van der Waals surface area (Å²) in [6.45, 7) is 1.99. The first-order valence-electron chi connectivity index (χ1n) is 5.16. The number of hydrogen-bond donors (Lipinski definition) is 1. The average Bonchev–Trinajstić information content (AvgIpc) is 2.04. The number of hydrogen-bond acceptors (Lipinski definition) is 2. The SMILES string of the molecule is CC1C=CN(C2CCC2)C=C1C(N)=O. The van der Waals surface area contributed by atoms with Gasteiger partial charge in [0.1, 0.15) is 0 Å². The molecule has 1 aliphatic carbocycles. The van der Waals surface area contributed by atoms with E-state index in [1.54, 1.807) is 0 Å². The van der Waals surface area contributed by atoms with Crippen LogP contribution >= 0.6 is 0 Å². The second-order valence-electron chi connectivity index (χ2n) is 4.11. The summed E-state index contributed by atoms with van der Waals surface area (Å²) in [6, 6.07) is 0.591. The van der Waals surface area contributed by atoms with E-state index in [1.165, 1.54) is 19.3 Å². The summed E-state index contributed by atoms with van der Waals surface area (Å²) in [5.74, 6) is -0.144. The van der Waals surface area contributed by atoms with E-state index < -0.39 is 0 Å². The third kappa shape index (κ3) is 1.54. The molecule has 1 amide bonds. The van der Waals surface area contributed by atoms with Crippen LogP contribution in [0.1, 0.15) is 26.2 Å². The normalized spacial score (nSPS) is 27.1. The first-order chi connectivity index (χ1) is 6.68. The highest BCUT2D eigenvalue weighted by Crippen LogP contribution is 2.29. The average molecular weight is 192 g/mol. The van der Waals surface area contributed by atoms with Crippen molar-refractivity contribution in [3.63, 3.8) is 0 Å². The molecular formula is C11H16N2O. The van der Waals surface area contributed by atoms with Crippen LogP contribution in [0.25, 0.3) is 0 Å². The zero-order chi connectivity index (χ0) is 10.1. The van der Waals surface area contributed by atoms with Gasteiger partial charge in [0, 0.05) is 29.9 Å². The fraction of sp³-hybridized carbons (Fsp3) is 0.545. The van der Waals surface area contributed by atoms with E-state index in [-0.39, 0.29) is 11.8 Å². The van der Waals surface area contributed by atoms with Crippen molar-refractivity contribution in [1.29, 1.82) is 0 Å². The maximum absolute atomic E-state index is 11.1. The van der Waals surface area contributed by atoms with E-state index in [1.807, 2.05) is 19.2 Å². The number of carbonyl (C=O) groups is 1. The van der Waals surface area contributed by atoms with Gasteiger partial charge in [0.2, 0.25) is 5.91 Å². The van der Waals surface area contributed by atoms with Crippen molar-refractivity contribution in [2.45, 2.75) is 32.2 Å². The first-order valence-corrected chi connectivity index (χ1v) is 5.16. The van der Waals surface area contributed by atoms with Crippen LogP contribution in [-0.2, 0) is 4.79 Å². The maximum Gasteiger partial charge on any atom is 0.246 e. The first kappa shape index (κ1) is 9.31.